The van der Waals surface area contributed by atoms with Crippen molar-refractivity contribution in [2.24, 2.45) is 0 Å². The Morgan fingerprint density at radius 2 is 2.20 bits per heavy atom. The molecule has 0 saturated carbocycles. The number of fused-ring (bicyclic) bond motifs is 1. The molecule has 1 aliphatic rings. The fourth-order valence-corrected chi connectivity index (χ4v) is 2.53. The summed E-state index contributed by atoms with van der Waals surface area (Å²) in [4.78, 5) is 32.1. The van der Waals surface area contributed by atoms with Crippen LogP contribution in [0, 0.1) is 0 Å². The van der Waals surface area contributed by atoms with Crippen LogP contribution in [0.3, 0.4) is 0 Å². The zero-order chi connectivity index (χ0) is 17.8. The molecule has 0 unspecified atom stereocenters. The quantitative estimate of drug-likeness (QED) is 0.895. The first kappa shape index (κ1) is 16.9. The number of likely N-dealkylation sites (N-methyl/N-ethyl adjacent to an activating group) is 1. The van der Waals surface area contributed by atoms with Gasteiger partial charge < -0.3 is 19.9 Å². The van der Waals surface area contributed by atoms with Gasteiger partial charge in [-0.15, -0.1) is 0 Å². The second-order valence-electron chi connectivity index (χ2n) is 6.02. The van der Waals surface area contributed by atoms with E-state index in [2.05, 4.69) is 10.3 Å². The highest BCUT2D eigenvalue weighted by atomic mass is 16.5. The van der Waals surface area contributed by atoms with Gasteiger partial charge in [0, 0.05) is 31.2 Å². The first-order valence-electron chi connectivity index (χ1n) is 7.98. The minimum absolute atomic E-state index is 0.0296. The smallest absolute Gasteiger partial charge is 0.265 e. The Balaban J connectivity index is 1.82. The Bertz CT molecular complexity index is 777. The molecule has 3 rings (SSSR count). The lowest BCUT2D eigenvalue weighted by Crippen LogP contribution is -2.42. The van der Waals surface area contributed by atoms with Crippen LogP contribution < -0.4 is 15.0 Å². The molecule has 2 aromatic rings. The molecule has 2 amide bonds. The van der Waals surface area contributed by atoms with Gasteiger partial charge >= 0.3 is 0 Å². The van der Waals surface area contributed by atoms with E-state index in [-0.39, 0.29) is 18.4 Å². The Hall–Kier alpha value is -2.93. The number of rotatable bonds is 5. The van der Waals surface area contributed by atoms with Crippen molar-refractivity contribution in [3.8, 4) is 5.75 Å². The second kappa shape index (κ2) is 7.31. The number of carbonyl (C=O) groups excluding carboxylic acids is 2. The molecule has 2 heterocycles. The van der Waals surface area contributed by atoms with Crippen LogP contribution in [0.4, 0.5) is 11.4 Å². The minimum atomic E-state index is -0.254. The van der Waals surface area contributed by atoms with Gasteiger partial charge in [0.2, 0.25) is 0 Å². The molecule has 0 saturated heterocycles. The number of hydrogen-bond acceptors (Lipinski definition) is 5. The Morgan fingerprint density at radius 1 is 1.36 bits per heavy atom. The lowest BCUT2D eigenvalue weighted by Gasteiger charge is -2.30. The van der Waals surface area contributed by atoms with Crippen molar-refractivity contribution < 1.29 is 14.3 Å². The fraction of sp³-hybridized carbons (Fsp3) is 0.278. The van der Waals surface area contributed by atoms with E-state index >= 15 is 0 Å². The van der Waals surface area contributed by atoms with Crippen LogP contribution in [0.25, 0.3) is 0 Å². The zero-order valence-electron chi connectivity index (χ0n) is 14.2. The Morgan fingerprint density at radius 3 is 2.92 bits per heavy atom. The van der Waals surface area contributed by atoms with Crippen molar-refractivity contribution in [1.82, 2.24) is 9.88 Å². The van der Waals surface area contributed by atoms with Crippen LogP contribution in [0.5, 0.6) is 5.75 Å². The number of anilines is 2. The van der Waals surface area contributed by atoms with Crippen molar-refractivity contribution in [2.45, 2.75) is 0 Å². The highest BCUT2D eigenvalue weighted by Gasteiger charge is 2.25. The molecule has 1 aromatic carbocycles. The van der Waals surface area contributed by atoms with E-state index in [4.69, 9.17) is 4.74 Å². The number of benzene rings is 1. The summed E-state index contributed by atoms with van der Waals surface area (Å²) in [5.41, 5.74) is 1.74. The van der Waals surface area contributed by atoms with Crippen LogP contribution in [0.15, 0.2) is 42.7 Å². The summed E-state index contributed by atoms with van der Waals surface area (Å²) >= 11 is 0. The molecule has 1 aromatic heterocycles. The van der Waals surface area contributed by atoms with E-state index in [1.807, 2.05) is 19.0 Å². The zero-order valence-corrected chi connectivity index (χ0v) is 14.2. The number of nitrogens with zero attached hydrogens (tertiary/aromatic N) is 3. The Labute approximate surface area is 146 Å². The average Bonchev–Trinajstić information content (AvgIpc) is 2.61. The lowest BCUT2D eigenvalue weighted by atomic mass is 10.2. The van der Waals surface area contributed by atoms with E-state index < -0.39 is 0 Å². The predicted molar refractivity (Wildman–Crippen MR) is 95.0 cm³/mol. The fourth-order valence-electron chi connectivity index (χ4n) is 2.53. The molecule has 0 radical (unpaired) electrons. The SMILES string of the molecule is CN(C)CCN1C(=O)COc2ccc(NC(=O)c3cccnc3)cc21. The van der Waals surface area contributed by atoms with Gasteiger partial charge in [0.15, 0.2) is 6.61 Å². The summed E-state index contributed by atoms with van der Waals surface area (Å²) in [6, 6.07) is 8.68. The van der Waals surface area contributed by atoms with Gasteiger partial charge in [0.25, 0.3) is 11.8 Å². The van der Waals surface area contributed by atoms with Gasteiger partial charge in [-0.3, -0.25) is 14.6 Å². The molecule has 0 aliphatic carbocycles. The van der Waals surface area contributed by atoms with Crippen LogP contribution in [-0.2, 0) is 4.79 Å². The molecule has 7 nitrogen and oxygen atoms in total. The van der Waals surface area contributed by atoms with Crippen molar-refractivity contribution in [3.05, 3.63) is 48.3 Å². The van der Waals surface area contributed by atoms with Crippen LogP contribution in [-0.4, -0.2) is 55.5 Å². The van der Waals surface area contributed by atoms with Gasteiger partial charge in [-0.2, -0.15) is 0 Å². The average molecular weight is 340 g/mol. The maximum atomic E-state index is 12.3. The number of nitrogens with one attached hydrogen (secondary N) is 1. The largest absolute Gasteiger partial charge is 0.482 e. The van der Waals surface area contributed by atoms with Crippen LogP contribution in [0.2, 0.25) is 0 Å². The summed E-state index contributed by atoms with van der Waals surface area (Å²) in [6.45, 7) is 1.32. The summed E-state index contributed by atoms with van der Waals surface area (Å²) in [6.07, 6.45) is 3.12. The van der Waals surface area contributed by atoms with Gasteiger partial charge in [0.05, 0.1) is 11.3 Å². The third-order valence-corrected chi connectivity index (χ3v) is 3.85. The molecule has 0 fully saturated rings. The van der Waals surface area contributed by atoms with Gasteiger partial charge in [-0.1, -0.05) is 0 Å². The van der Waals surface area contributed by atoms with E-state index in [1.165, 1.54) is 6.20 Å². The first-order chi connectivity index (χ1) is 12.0. The summed E-state index contributed by atoms with van der Waals surface area (Å²) in [5.74, 6) is 0.291. The molecular weight excluding hydrogens is 320 g/mol. The lowest BCUT2D eigenvalue weighted by molar-refractivity contribution is -0.121. The summed E-state index contributed by atoms with van der Waals surface area (Å²) < 4.78 is 5.49. The number of ether oxygens (including phenoxy) is 1. The van der Waals surface area contributed by atoms with Crippen molar-refractivity contribution in [1.29, 1.82) is 0 Å². The van der Waals surface area contributed by atoms with Gasteiger partial charge in [0.1, 0.15) is 5.75 Å². The second-order valence-corrected chi connectivity index (χ2v) is 6.02. The van der Waals surface area contributed by atoms with E-state index in [9.17, 15) is 9.59 Å². The molecule has 0 atom stereocenters. The molecule has 1 N–H and O–H groups in total. The van der Waals surface area contributed by atoms with E-state index in [1.54, 1.807) is 41.4 Å². The van der Waals surface area contributed by atoms with Crippen LogP contribution in [0.1, 0.15) is 10.4 Å². The van der Waals surface area contributed by atoms with Crippen LogP contribution >= 0.6 is 0 Å². The number of pyridine rings is 1. The molecule has 25 heavy (non-hydrogen) atoms. The molecule has 130 valence electrons. The minimum Gasteiger partial charge on any atom is -0.482 e. The standard InChI is InChI=1S/C18H20N4O3/c1-21(2)8-9-22-15-10-14(5-6-16(15)25-12-17(22)23)20-18(24)13-4-3-7-19-11-13/h3-7,10-11H,8-9,12H2,1-2H3,(H,20,24). The first-order valence-corrected chi connectivity index (χ1v) is 7.98. The number of hydrogen-bond donors (Lipinski definition) is 1. The van der Waals surface area contributed by atoms with Crippen molar-refractivity contribution in [3.63, 3.8) is 0 Å². The monoisotopic (exact) mass is 340 g/mol. The van der Waals surface area contributed by atoms with Gasteiger partial charge in [-0.05, 0) is 44.4 Å². The summed E-state index contributed by atoms with van der Waals surface area (Å²) in [7, 11) is 3.91. The Kier molecular flexibility index (Phi) is 4.95. The highest BCUT2D eigenvalue weighted by Crippen LogP contribution is 2.34. The molecule has 0 bridgehead atoms. The van der Waals surface area contributed by atoms with Crippen molar-refractivity contribution in [2.75, 3.05) is 44.0 Å². The number of carbonyl (C=O) groups is 2. The van der Waals surface area contributed by atoms with E-state index in [0.29, 0.717) is 29.2 Å². The highest BCUT2D eigenvalue weighted by molar-refractivity contribution is 6.05. The molecule has 7 heteroatoms. The maximum Gasteiger partial charge on any atom is 0.265 e. The number of aromatic nitrogens is 1. The molecule has 0 spiro atoms. The van der Waals surface area contributed by atoms with Gasteiger partial charge in [-0.25, -0.2) is 0 Å². The molecule has 1 aliphatic heterocycles. The summed E-state index contributed by atoms with van der Waals surface area (Å²) in [5, 5.41) is 2.83. The third kappa shape index (κ3) is 3.95. The van der Waals surface area contributed by atoms with Crippen molar-refractivity contribution >= 4 is 23.2 Å². The van der Waals surface area contributed by atoms with E-state index in [0.717, 1.165) is 6.54 Å². The maximum absolute atomic E-state index is 12.3. The molecular formula is C18H20N4O3. The normalized spacial score (nSPS) is 13.4. The third-order valence-electron chi connectivity index (χ3n) is 3.85. The topological polar surface area (TPSA) is 74.8 Å². The number of amides is 2. The predicted octanol–water partition coefficient (Wildman–Crippen LogP) is 1.62.